The topological polar surface area (TPSA) is 97.5 Å². The molecule has 0 saturated heterocycles. The molecule has 0 fully saturated rings. The minimum Gasteiger partial charge on any atom is -0.481 e. The first-order valence-corrected chi connectivity index (χ1v) is 5.50. The quantitative estimate of drug-likeness (QED) is 0.727. The summed E-state index contributed by atoms with van der Waals surface area (Å²) in [4.78, 5) is 14.9. The number of carboxylic acid groups (broad SMARTS) is 1. The fourth-order valence-corrected chi connectivity index (χ4v) is 1.53. The number of nitrogens with zero attached hydrogens (tertiary/aromatic N) is 1. The van der Waals surface area contributed by atoms with Gasteiger partial charge in [-0.1, -0.05) is 0 Å². The van der Waals surface area contributed by atoms with Crippen LogP contribution in [-0.2, 0) is 0 Å². The Morgan fingerprint density at radius 1 is 1.37 bits per heavy atom. The van der Waals surface area contributed by atoms with Crippen molar-refractivity contribution in [2.45, 2.75) is 0 Å². The number of carboxylic acids is 1. The van der Waals surface area contributed by atoms with Crippen LogP contribution in [0.2, 0.25) is 0 Å². The Balaban J connectivity index is 2.26. The Labute approximate surface area is 109 Å². The van der Waals surface area contributed by atoms with Gasteiger partial charge in [0.2, 0.25) is 5.88 Å². The van der Waals surface area contributed by atoms with Gasteiger partial charge < -0.3 is 20.9 Å². The number of aromatic nitrogens is 1. The minimum atomic E-state index is -1.00. The molecule has 0 radical (unpaired) electrons. The maximum atomic E-state index is 10.9. The molecule has 2 rings (SSSR count). The maximum Gasteiger partial charge on any atom is 0.335 e. The Morgan fingerprint density at radius 2 is 2.16 bits per heavy atom. The first-order valence-electron chi connectivity index (χ1n) is 5.50. The standard InChI is InChI=1S/C13H13N3O3/c1-19-12-5-3-9(7-15-12)16-11-6-8(13(17)18)2-4-10(11)14/h2-7,16H,14H2,1H3,(H,17,18). The van der Waals surface area contributed by atoms with Crippen LogP contribution in [0.25, 0.3) is 0 Å². The van der Waals surface area contributed by atoms with Crippen molar-refractivity contribution in [1.82, 2.24) is 4.98 Å². The summed E-state index contributed by atoms with van der Waals surface area (Å²) in [6.07, 6.45) is 1.58. The molecule has 0 aliphatic rings. The predicted molar refractivity (Wildman–Crippen MR) is 71.9 cm³/mol. The van der Waals surface area contributed by atoms with Crippen LogP contribution >= 0.6 is 0 Å². The van der Waals surface area contributed by atoms with Gasteiger partial charge in [0.05, 0.1) is 35.9 Å². The largest absolute Gasteiger partial charge is 0.481 e. The number of hydrogen-bond acceptors (Lipinski definition) is 5. The van der Waals surface area contributed by atoms with Crippen LogP contribution in [0, 0.1) is 0 Å². The molecule has 0 aliphatic heterocycles. The summed E-state index contributed by atoms with van der Waals surface area (Å²) in [5.41, 5.74) is 7.63. The van der Waals surface area contributed by atoms with Gasteiger partial charge in [-0.25, -0.2) is 9.78 Å². The van der Waals surface area contributed by atoms with Crippen molar-refractivity contribution in [3.8, 4) is 5.88 Å². The van der Waals surface area contributed by atoms with Gasteiger partial charge in [-0.2, -0.15) is 0 Å². The van der Waals surface area contributed by atoms with Crippen molar-refractivity contribution in [1.29, 1.82) is 0 Å². The number of benzene rings is 1. The lowest BCUT2D eigenvalue weighted by molar-refractivity contribution is 0.0697. The minimum absolute atomic E-state index is 0.165. The summed E-state index contributed by atoms with van der Waals surface area (Å²) in [5.74, 6) is -0.506. The number of pyridine rings is 1. The summed E-state index contributed by atoms with van der Waals surface area (Å²) in [6.45, 7) is 0. The molecule has 0 atom stereocenters. The van der Waals surface area contributed by atoms with E-state index in [9.17, 15) is 4.79 Å². The van der Waals surface area contributed by atoms with Crippen LogP contribution in [0.3, 0.4) is 0 Å². The third kappa shape index (κ3) is 2.92. The number of carbonyl (C=O) groups is 1. The Hall–Kier alpha value is -2.76. The zero-order chi connectivity index (χ0) is 13.8. The van der Waals surface area contributed by atoms with Crippen LogP contribution in [-0.4, -0.2) is 23.2 Å². The molecule has 6 nitrogen and oxygen atoms in total. The molecule has 1 aromatic carbocycles. The van der Waals surface area contributed by atoms with Gasteiger partial charge >= 0.3 is 5.97 Å². The van der Waals surface area contributed by atoms with Crippen molar-refractivity contribution in [3.05, 3.63) is 42.1 Å². The monoisotopic (exact) mass is 259 g/mol. The molecule has 4 N–H and O–H groups in total. The zero-order valence-electron chi connectivity index (χ0n) is 10.3. The molecular formula is C13H13N3O3. The second-order valence-corrected chi connectivity index (χ2v) is 3.82. The van der Waals surface area contributed by atoms with E-state index in [1.807, 2.05) is 0 Å². The number of ether oxygens (including phenoxy) is 1. The lowest BCUT2D eigenvalue weighted by Crippen LogP contribution is -2.01. The van der Waals surface area contributed by atoms with Gasteiger partial charge in [0, 0.05) is 6.07 Å². The molecule has 6 heteroatoms. The summed E-state index contributed by atoms with van der Waals surface area (Å²) in [6, 6.07) is 7.93. The van der Waals surface area contributed by atoms with Crippen LogP contribution in [0.1, 0.15) is 10.4 Å². The molecule has 98 valence electrons. The van der Waals surface area contributed by atoms with E-state index >= 15 is 0 Å². The average molecular weight is 259 g/mol. The van der Waals surface area contributed by atoms with Crippen LogP contribution < -0.4 is 15.8 Å². The Kier molecular flexibility index (Phi) is 3.51. The summed E-state index contributed by atoms with van der Waals surface area (Å²) >= 11 is 0. The van der Waals surface area contributed by atoms with Crippen molar-refractivity contribution in [2.75, 3.05) is 18.2 Å². The SMILES string of the molecule is COc1ccc(Nc2cc(C(=O)O)ccc2N)cn1. The van der Waals surface area contributed by atoms with Crippen LogP contribution in [0.15, 0.2) is 36.5 Å². The van der Waals surface area contributed by atoms with E-state index in [1.165, 1.54) is 19.2 Å². The van der Waals surface area contributed by atoms with E-state index in [0.29, 0.717) is 22.9 Å². The molecule has 1 heterocycles. The summed E-state index contributed by atoms with van der Waals surface area (Å²) in [5, 5.41) is 11.9. The third-order valence-electron chi connectivity index (χ3n) is 2.52. The highest BCUT2D eigenvalue weighted by atomic mass is 16.5. The van der Waals surface area contributed by atoms with Gasteiger partial charge in [0.1, 0.15) is 0 Å². The highest BCUT2D eigenvalue weighted by Gasteiger charge is 2.07. The number of nitrogens with two attached hydrogens (primary N) is 1. The summed E-state index contributed by atoms with van der Waals surface area (Å²) in [7, 11) is 1.53. The van der Waals surface area contributed by atoms with Crippen LogP contribution in [0.4, 0.5) is 17.1 Å². The van der Waals surface area contributed by atoms with Gasteiger partial charge in [0.25, 0.3) is 0 Å². The number of aromatic carboxylic acids is 1. The molecule has 0 unspecified atom stereocenters. The Morgan fingerprint density at radius 3 is 2.74 bits per heavy atom. The van der Waals surface area contributed by atoms with Gasteiger partial charge in [0.15, 0.2) is 0 Å². The second kappa shape index (κ2) is 5.26. The number of nitrogens with one attached hydrogen (secondary N) is 1. The highest BCUT2D eigenvalue weighted by Crippen LogP contribution is 2.24. The molecule has 0 bridgehead atoms. The third-order valence-corrected chi connectivity index (χ3v) is 2.52. The molecule has 1 aromatic heterocycles. The Bertz CT molecular complexity index is 597. The lowest BCUT2D eigenvalue weighted by Gasteiger charge is -2.10. The van der Waals surface area contributed by atoms with E-state index in [2.05, 4.69) is 10.3 Å². The average Bonchev–Trinajstić information content (AvgIpc) is 2.42. The lowest BCUT2D eigenvalue weighted by atomic mass is 10.1. The van der Waals surface area contributed by atoms with Crippen LogP contribution in [0.5, 0.6) is 5.88 Å². The number of rotatable bonds is 4. The smallest absolute Gasteiger partial charge is 0.335 e. The fourth-order valence-electron chi connectivity index (χ4n) is 1.53. The number of methoxy groups -OCH3 is 1. The normalized spacial score (nSPS) is 9.95. The molecule has 0 spiro atoms. The number of anilines is 3. The van der Waals surface area contributed by atoms with E-state index in [-0.39, 0.29) is 5.56 Å². The van der Waals surface area contributed by atoms with Gasteiger partial charge in [-0.3, -0.25) is 0 Å². The molecule has 19 heavy (non-hydrogen) atoms. The van der Waals surface area contributed by atoms with Crippen molar-refractivity contribution in [3.63, 3.8) is 0 Å². The number of hydrogen-bond donors (Lipinski definition) is 3. The van der Waals surface area contributed by atoms with Gasteiger partial charge in [-0.05, 0) is 24.3 Å². The fraction of sp³-hybridized carbons (Fsp3) is 0.0769. The van der Waals surface area contributed by atoms with E-state index in [0.717, 1.165) is 0 Å². The van der Waals surface area contributed by atoms with E-state index in [4.69, 9.17) is 15.6 Å². The highest BCUT2D eigenvalue weighted by molar-refractivity contribution is 5.91. The number of nitrogen functional groups attached to an aromatic ring is 1. The van der Waals surface area contributed by atoms with Crippen molar-refractivity contribution in [2.24, 2.45) is 0 Å². The molecule has 2 aromatic rings. The first-order chi connectivity index (χ1) is 9.10. The van der Waals surface area contributed by atoms with Crippen molar-refractivity contribution < 1.29 is 14.6 Å². The zero-order valence-corrected chi connectivity index (χ0v) is 10.3. The second-order valence-electron chi connectivity index (χ2n) is 3.82. The molecule has 0 aliphatic carbocycles. The molecular weight excluding hydrogens is 246 g/mol. The van der Waals surface area contributed by atoms with Crippen molar-refractivity contribution >= 4 is 23.0 Å². The first kappa shape index (κ1) is 12.7. The van der Waals surface area contributed by atoms with Gasteiger partial charge in [-0.15, -0.1) is 0 Å². The maximum absolute atomic E-state index is 10.9. The van der Waals surface area contributed by atoms with E-state index in [1.54, 1.807) is 24.4 Å². The molecule has 0 saturated carbocycles. The molecule has 0 amide bonds. The van der Waals surface area contributed by atoms with E-state index < -0.39 is 5.97 Å². The predicted octanol–water partition coefficient (Wildman–Crippen LogP) is 2.11. The summed E-state index contributed by atoms with van der Waals surface area (Å²) < 4.78 is 4.95.